The highest BCUT2D eigenvalue weighted by Crippen LogP contribution is 2.44. The monoisotopic (exact) mass is 514 g/mol. The quantitative estimate of drug-likeness (QED) is 0.281. The number of carboxylic acid groups (broad SMARTS) is 2. The molecule has 8 heteroatoms. The summed E-state index contributed by atoms with van der Waals surface area (Å²) in [5.74, 6) is -2.24. The summed E-state index contributed by atoms with van der Waals surface area (Å²) >= 11 is 0. The van der Waals surface area contributed by atoms with Crippen LogP contribution in [0, 0.1) is 5.92 Å². The number of benzene rings is 2. The van der Waals surface area contributed by atoms with Crippen molar-refractivity contribution in [3.05, 3.63) is 71.8 Å². The molecule has 0 aliphatic carbocycles. The predicted octanol–water partition coefficient (Wildman–Crippen LogP) is 5.59. The van der Waals surface area contributed by atoms with Gasteiger partial charge in [-0.05, 0) is 59.9 Å². The normalized spacial score (nSPS) is 14.4. The fraction of sp³-hybridized carbons (Fsp3) is 0.429. The molecule has 0 aromatic heterocycles. The molecule has 0 spiro atoms. The van der Waals surface area contributed by atoms with E-state index in [4.69, 9.17) is 13.9 Å². The van der Waals surface area contributed by atoms with Crippen molar-refractivity contribution in [2.45, 2.75) is 57.3 Å². The van der Waals surface area contributed by atoms with E-state index in [-0.39, 0.29) is 23.5 Å². The van der Waals surface area contributed by atoms with Crippen LogP contribution in [0.2, 0.25) is 18.1 Å². The summed E-state index contributed by atoms with van der Waals surface area (Å²) in [6, 6.07) is 14.2. The van der Waals surface area contributed by atoms with E-state index < -0.39 is 31.8 Å². The van der Waals surface area contributed by atoms with Crippen molar-refractivity contribution in [3.63, 3.8) is 0 Å². The highest BCUT2D eigenvalue weighted by molar-refractivity contribution is 6.74. The number of rotatable bonds is 12. The van der Waals surface area contributed by atoms with Crippen LogP contribution in [-0.4, -0.2) is 50.3 Å². The molecular formula is C28H38O7Si. The maximum atomic E-state index is 13.2. The second kappa shape index (κ2) is 11.3. The van der Waals surface area contributed by atoms with Crippen LogP contribution < -0.4 is 9.47 Å². The Labute approximate surface area is 214 Å². The first-order chi connectivity index (χ1) is 16.7. The summed E-state index contributed by atoms with van der Waals surface area (Å²) in [5, 5.41) is 20.5. The zero-order chi connectivity index (χ0) is 27.3. The first kappa shape index (κ1) is 29.1. The molecule has 0 aliphatic heterocycles. The van der Waals surface area contributed by atoms with Gasteiger partial charge in [0, 0.05) is 17.9 Å². The van der Waals surface area contributed by atoms with Crippen molar-refractivity contribution in [3.8, 4) is 11.5 Å². The number of carboxylic acids is 2. The molecule has 0 amide bonds. The molecule has 0 saturated heterocycles. The Morgan fingerprint density at radius 1 is 0.889 bits per heavy atom. The maximum absolute atomic E-state index is 13.2. The van der Waals surface area contributed by atoms with Crippen molar-refractivity contribution in [2.75, 3.05) is 14.2 Å². The number of hydrogen-bond donors (Lipinski definition) is 2. The zero-order valence-electron chi connectivity index (χ0n) is 22.3. The second-order valence-corrected chi connectivity index (χ2v) is 15.2. The molecule has 0 heterocycles. The molecule has 2 aromatic carbocycles. The summed E-state index contributed by atoms with van der Waals surface area (Å²) in [7, 11) is 0.402. The fourth-order valence-electron chi connectivity index (χ4n) is 3.87. The lowest BCUT2D eigenvalue weighted by Gasteiger charge is -2.47. The number of carbonyl (C=O) groups is 2. The number of hydrogen-bond acceptors (Lipinski definition) is 5. The Balaban J connectivity index is 2.73. The van der Waals surface area contributed by atoms with Crippen LogP contribution in [0.5, 0.6) is 11.5 Å². The van der Waals surface area contributed by atoms with E-state index >= 15 is 0 Å². The van der Waals surface area contributed by atoms with Gasteiger partial charge in [0.1, 0.15) is 11.5 Å². The SMILES string of the molecule is C=C(C(=O)O)C(Cc1ccc(OC)cc1)C(Cc1ccc(OC)cc1)(O[Si](C)(C)C(C)(C)C)C(=O)O. The Morgan fingerprint density at radius 2 is 1.33 bits per heavy atom. The zero-order valence-corrected chi connectivity index (χ0v) is 23.3. The molecule has 2 unspecified atom stereocenters. The summed E-state index contributed by atoms with van der Waals surface area (Å²) in [6.07, 6.45) is 0.0815. The van der Waals surface area contributed by atoms with Crippen LogP contribution >= 0.6 is 0 Å². The van der Waals surface area contributed by atoms with Crippen LogP contribution in [-0.2, 0) is 26.9 Å². The van der Waals surface area contributed by atoms with Gasteiger partial charge in [-0.1, -0.05) is 51.6 Å². The second-order valence-electron chi connectivity index (χ2n) is 10.5. The minimum absolute atomic E-state index is 0.0358. The van der Waals surface area contributed by atoms with Gasteiger partial charge in [-0.2, -0.15) is 0 Å². The van der Waals surface area contributed by atoms with Gasteiger partial charge in [-0.15, -0.1) is 0 Å². The largest absolute Gasteiger partial charge is 0.497 e. The summed E-state index contributed by atoms with van der Waals surface area (Å²) in [4.78, 5) is 25.5. The molecule has 2 atom stereocenters. The van der Waals surface area contributed by atoms with Crippen molar-refractivity contribution < 1.29 is 33.7 Å². The van der Waals surface area contributed by atoms with E-state index in [1.165, 1.54) is 0 Å². The van der Waals surface area contributed by atoms with Gasteiger partial charge < -0.3 is 24.1 Å². The molecule has 196 valence electrons. The summed E-state index contributed by atoms with van der Waals surface area (Å²) in [6.45, 7) is 13.8. The average Bonchev–Trinajstić information content (AvgIpc) is 2.81. The molecule has 2 N–H and O–H groups in total. The lowest BCUT2D eigenvalue weighted by Crippen LogP contribution is -2.59. The van der Waals surface area contributed by atoms with Crippen molar-refractivity contribution in [2.24, 2.45) is 5.92 Å². The van der Waals surface area contributed by atoms with Gasteiger partial charge in [-0.3, -0.25) is 0 Å². The molecule has 2 aromatic rings. The van der Waals surface area contributed by atoms with Gasteiger partial charge in [0.25, 0.3) is 0 Å². The lowest BCUT2D eigenvalue weighted by atomic mass is 9.75. The van der Waals surface area contributed by atoms with Crippen molar-refractivity contribution >= 4 is 20.3 Å². The third-order valence-corrected chi connectivity index (χ3v) is 11.6. The number of ether oxygens (including phenoxy) is 2. The Bertz CT molecular complexity index is 1070. The van der Waals surface area contributed by atoms with E-state index in [1.807, 2.05) is 33.9 Å². The Hall–Kier alpha value is -3.10. The molecule has 0 saturated carbocycles. The van der Waals surface area contributed by atoms with Crippen molar-refractivity contribution in [1.29, 1.82) is 0 Å². The van der Waals surface area contributed by atoms with E-state index in [2.05, 4.69) is 6.58 Å². The highest BCUT2D eigenvalue weighted by Gasteiger charge is 2.55. The third kappa shape index (κ3) is 6.56. The number of methoxy groups -OCH3 is 2. The lowest BCUT2D eigenvalue weighted by molar-refractivity contribution is -0.161. The number of aliphatic carboxylic acids is 2. The molecule has 36 heavy (non-hydrogen) atoms. The van der Waals surface area contributed by atoms with Gasteiger partial charge in [0.05, 0.1) is 14.2 Å². The predicted molar refractivity (Wildman–Crippen MR) is 142 cm³/mol. The Kier molecular flexibility index (Phi) is 9.15. The minimum atomic E-state index is -2.71. The van der Waals surface area contributed by atoms with Crippen LogP contribution in [0.25, 0.3) is 0 Å². The molecule has 7 nitrogen and oxygen atoms in total. The van der Waals surface area contributed by atoms with Gasteiger partial charge >= 0.3 is 11.9 Å². The van der Waals surface area contributed by atoms with E-state index in [9.17, 15) is 19.8 Å². The third-order valence-electron chi connectivity index (χ3n) is 7.09. The van der Waals surface area contributed by atoms with E-state index in [1.54, 1.807) is 62.8 Å². The van der Waals surface area contributed by atoms with Gasteiger partial charge in [0.2, 0.25) is 0 Å². The minimum Gasteiger partial charge on any atom is -0.497 e. The van der Waals surface area contributed by atoms with Crippen LogP contribution in [0.15, 0.2) is 60.7 Å². The van der Waals surface area contributed by atoms with E-state index in [0.29, 0.717) is 17.1 Å². The first-order valence-corrected chi connectivity index (χ1v) is 14.7. The van der Waals surface area contributed by atoms with Crippen LogP contribution in [0.3, 0.4) is 0 Å². The fourth-order valence-corrected chi connectivity index (χ4v) is 5.39. The molecular weight excluding hydrogens is 476 g/mol. The topological polar surface area (TPSA) is 102 Å². The molecule has 0 fully saturated rings. The Morgan fingerprint density at radius 3 is 1.69 bits per heavy atom. The van der Waals surface area contributed by atoms with Gasteiger partial charge in [0.15, 0.2) is 13.9 Å². The summed E-state index contributed by atoms with van der Waals surface area (Å²) < 4.78 is 17.2. The van der Waals surface area contributed by atoms with Crippen LogP contribution in [0.1, 0.15) is 31.9 Å². The van der Waals surface area contributed by atoms with Crippen molar-refractivity contribution in [1.82, 2.24) is 0 Å². The van der Waals surface area contributed by atoms with Gasteiger partial charge in [-0.25, -0.2) is 9.59 Å². The molecule has 2 rings (SSSR count). The highest BCUT2D eigenvalue weighted by atomic mass is 28.4. The van der Waals surface area contributed by atoms with Crippen LogP contribution in [0.4, 0.5) is 0 Å². The molecule has 0 bridgehead atoms. The standard InChI is InChI=1S/C28H38O7Si/c1-19(25(29)30)24(17-20-9-13-22(33-5)14-10-20)28(26(31)32,35-36(7,8)27(2,3)4)18-21-11-15-23(34-6)16-12-21/h9-16,24H,1,17-18H2,2-8H3,(H,29,30)(H,31,32). The van der Waals surface area contributed by atoms with E-state index in [0.717, 1.165) is 5.56 Å². The summed E-state index contributed by atoms with van der Waals surface area (Å²) in [5.41, 5.74) is -0.634. The first-order valence-electron chi connectivity index (χ1n) is 11.8. The average molecular weight is 515 g/mol. The smallest absolute Gasteiger partial charge is 0.335 e. The maximum Gasteiger partial charge on any atom is 0.335 e. The molecule has 0 aliphatic rings. The molecule has 0 radical (unpaired) electrons.